The van der Waals surface area contributed by atoms with E-state index in [0.717, 1.165) is 47.2 Å². The number of sulfonamides is 1. The predicted octanol–water partition coefficient (Wildman–Crippen LogP) is 6.97. The molecule has 1 aliphatic carbocycles. The molecule has 0 bridgehead atoms. The third-order valence-corrected chi connectivity index (χ3v) is 7.53. The van der Waals surface area contributed by atoms with Crippen LogP contribution in [0.15, 0.2) is 95.9 Å². The first-order valence-electron chi connectivity index (χ1n) is 10.9. The Morgan fingerprint density at radius 2 is 1.53 bits per heavy atom. The maximum Gasteiger partial charge on any atom is 0.261 e. The van der Waals surface area contributed by atoms with Crippen LogP contribution in [-0.2, 0) is 22.9 Å². The van der Waals surface area contributed by atoms with Crippen LogP contribution in [0.1, 0.15) is 27.8 Å². The zero-order valence-corrected chi connectivity index (χ0v) is 19.7. The summed E-state index contributed by atoms with van der Waals surface area (Å²) in [6.07, 6.45) is 3.88. The Hall–Kier alpha value is -3.41. The van der Waals surface area contributed by atoms with E-state index in [1.54, 1.807) is 18.2 Å². The van der Waals surface area contributed by atoms with Crippen molar-refractivity contribution in [3.63, 3.8) is 0 Å². The van der Waals surface area contributed by atoms with Crippen molar-refractivity contribution in [1.29, 1.82) is 0 Å². The maximum absolute atomic E-state index is 13.2. The van der Waals surface area contributed by atoms with Crippen LogP contribution in [0.2, 0.25) is 5.02 Å². The molecule has 0 unspecified atom stereocenters. The van der Waals surface area contributed by atoms with Gasteiger partial charge in [-0.25, -0.2) is 12.8 Å². The summed E-state index contributed by atoms with van der Waals surface area (Å²) in [6.45, 7) is 0. The molecule has 0 heterocycles. The van der Waals surface area contributed by atoms with Crippen molar-refractivity contribution in [3.05, 3.63) is 130 Å². The average Bonchev–Trinajstić information content (AvgIpc) is 2.96. The van der Waals surface area contributed by atoms with Crippen LogP contribution < -0.4 is 4.72 Å². The molecule has 4 aromatic rings. The Morgan fingerprint density at radius 1 is 0.794 bits per heavy atom. The number of fused-ring (bicyclic) bond motifs is 2. The highest BCUT2D eigenvalue weighted by atomic mass is 35.5. The van der Waals surface area contributed by atoms with Gasteiger partial charge in [-0.1, -0.05) is 54.1 Å². The lowest BCUT2D eigenvalue weighted by molar-refractivity contribution is 0.599. The summed E-state index contributed by atoms with van der Waals surface area (Å²) >= 11 is 6.29. The monoisotopic (exact) mass is 489 g/mol. The molecule has 0 aromatic heterocycles. The molecule has 6 heteroatoms. The zero-order chi connectivity index (χ0) is 23.7. The Morgan fingerprint density at radius 3 is 2.35 bits per heavy atom. The molecule has 1 N–H and O–H groups in total. The molecule has 0 radical (unpaired) electrons. The van der Waals surface area contributed by atoms with E-state index < -0.39 is 15.8 Å². The standard InChI is InChI=1S/C28H21ClFNO2S/c29-22-10-15-27-21(18-22)9-8-20-5-1-2-7-26(20)28(27)17-19-4-3-6-24(16-19)31-34(32,33)25-13-11-23(30)12-14-25/h1-7,10-18,31H,8-9H2/b28-17-. The fourth-order valence-electron chi connectivity index (χ4n) is 4.29. The summed E-state index contributed by atoms with van der Waals surface area (Å²) in [6, 6.07) is 26.3. The highest BCUT2D eigenvalue weighted by Crippen LogP contribution is 2.36. The molecule has 34 heavy (non-hydrogen) atoms. The molecular weight excluding hydrogens is 469 g/mol. The minimum atomic E-state index is -3.84. The minimum absolute atomic E-state index is 0.00107. The smallest absolute Gasteiger partial charge is 0.261 e. The van der Waals surface area contributed by atoms with Crippen LogP contribution in [0.5, 0.6) is 0 Å². The normalized spacial score (nSPS) is 14.2. The molecule has 3 nitrogen and oxygen atoms in total. The Bertz CT molecular complexity index is 1510. The molecule has 0 saturated heterocycles. The number of halogens is 2. The number of nitrogens with one attached hydrogen (secondary N) is 1. The van der Waals surface area contributed by atoms with Gasteiger partial charge in [0.15, 0.2) is 0 Å². The van der Waals surface area contributed by atoms with E-state index in [1.165, 1.54) is 23.3 Å². The second-order valence-corrected chi connectivity index (χ2v) is 10.3. The van der Waals surface area contributed by atoms with Crippen molar-refractivity contribution in [2.75, 3.05) is 4.72 Å². The third-order valence-electron chi connectivity index (χ3n) is 5.90. The SMILES string of the molecule is O=S(=O)(Nc1cccc(/C=C2/c3ccccc3CCc3cc(Cl)ccc32)c1)c1ccc(F)cc1. The molecule has 0 fully saturated rings. The van der Waals surface area contributed by atoms with Crippen LogP contribution >= 0.6 is 11.6 Å². The fraction of sp³-hybridized carbons (Fsp3) is 0.0714. The Labute approximate surface area is 203 Å². The number of aryl methyl sites for hydroxylation is 2. The van der Waals surface area contributed by atoms with Crippen molar-refractivity contribution < 1.29 is 12.8 Å². The van der Waals surface area contributed by atoms with Gasteiger partial charge >= 0.3 is 0 Å². The lowest BCUT2D eigenvalue weighted by Crippen LogP contribution is -2.12. The topological polar surface area (TPSA) is 46.2 Å². The van der Waals surface area contributed by atoms with Gasteiger partial charge in [-0.05, 0) is 101 Å². The van der Waals surface area contributed by atoms with Crippen molar-refractivity contribution >= 4 is 39.0 Å². The largest absolute Gasteiger partial charge is 0.280 e. The van der Waals surface area contributed by atoms with Crippen LogP contribution in [0.4, 0.5) is 10.1 Å². The first-order chi connectivity index (χ1) is 16.4. The molecule has 5 rings (SSSR count). The third kappa shape index (κ3) is 4.63. The van der Waals surface area contributed by atoms with E-state index in [-0.39, 0.29) is 4.90 Å². The molecule has 0 atom stereocenters. The molecule has 170 valence electrons. The van der Waals surface area contributed by atoms with Crippen molar-refractivity contribution in [3.8, 4) is 0 Å². The molecule has 0 aliphatic heterocycles. The van der Waals surface area contributed by atoms with Crippen molar-refractivity contribution in [1.82, 2.24) is 0 Å². The summed E-state index contributed by atoms with van der Waals surface area (Å²) in [5.41, 5.74) is 7.06. The summed E-state index contributed by atoms with van der Waals surface area (Å²) in [4.78, 5) is 0.00107. The maximum atomic E-state index is 13.2. The van der Waals surface area contributed by atoms with E-state index in [1.807, 2.05) is 36.4 Å². The quantitative estimate of drug-likeness (QED) is 0.336. The average molecular weight is 490 g/mol. The second kappa shape index (κ2) is 9.09. The van der Waals surface area contributed by atoms with E-state index in [4.69, 9.17) is 11.6 Å². The fourth-order valence-corrected chi connectivity index (χ4v) is 5.53. The highest BCUT2D eigenvalue weighted by Gasteiger charge is 2.19. The summed E-state index contributed by atoms with van der Waals surface area (Å²) < 4.78 is 41.3. The van der Waals surface area contributed by atoms with Gasteiger partial charge in [0.2, 0.25) is 0 Å². The van der Waals surface area contributed by atoms with Crippen LogP contribution in [0.25, 0.3) is 11.6 Å². The number of hydrogen-bond acceptors (Lipinski definition) is 2. The van der Waals surface area contributed by atoms with Crippen LogP contribution in [-0.4, -0.2) is 8.42 Å². The molecule has 1 aliphatic rings. The second-order valence-electron chi connectivity index (χ2n) is 8.20. The Kier molecular flexibility index (Phi) is 5.98. The van der Waals surface area contributed by atoms with Gasteiger partial charge in [0.1, 0.15) is 5.82 Å². The first-order valence-corrected chi connectivity index (χ1v) is 12.7. The van der Waals surface area contributed by atoms with Gasteiger partial charge < -0.3 is 0 Å². The predicted molar refractivity (Wildman–Crippen MR) is 136 cm³/mol. The number of benzene rings is 4. The van der Waals surface area contributed by atoms with Gasteiger partial charge in [0.05, 0.1) is 4.90 Å². The molecule has 0 spiro atoms. The molecule has 0 amide bonds. The lowest BCUT2D eigenvalue weighted by atomic mass is 9.92. The minimum Gasteiger partial charge on any atom is -0.280 e. The highest BCUT2D eigenvalue weighted by molar-refractivity contribution is 7.92. The summed E-state index contributed by atoms with van der Waals surface area (Å²) in [5.74, 6) is -0.488. The lowest BCUT2D eigenvalue weighted by Gasteiger charge is -2.13. The van der Waals surface area contributed by atoms with E-state index >= 15 is 0 Å². The van der Waals surface area contributed by atoms with Gasteiger partial charge in [0.25, 0.3) is 10.0 Å². The Balaban J connectivity index is 1.56. The summed E-state index contributed by atoms with van der Waals surface area (Å²) in [7, 11) is -3.84. The number of hydrogen-bond donors (Lipinski definition) is 1. The van der Waals surface area contributed by atoms with E-state index in [2.05, 4.69) is 22.9 Å². The number of rotatable bonds is 4. The van der Waals surface area contributed by atoms with Gasteiger partial charge in [-0.2, -0.15) is 0 Å². The van der Waals surface area contributed by atoms with E-state index in [9.17, 15) is 12.8 Å². The zero-order valence-electron chi connectivity index (χ0n) is 18.1. The number of anilines is 1. The summed E-state index contributed by atoms with van der Waals surface area (Å²) in [5, 5.41) is 0.709. The van der Waals surface area contributed by atoms with Gasteiger partial charge in [-0.3, -0.25) is 4.72 Å². The molecule has 0 saturated carbocycles. The molecule has 4 aromatic carbocycles. The van der Waals surface area contributed by atoms with Gasteiger partial charge in [-0.15, -0.1) is 0 Å². The van der Waals surface area contributed by atoms with Crippen molar-refractivity contribution in [2.24, 2.45) is 0 Å². The molecular formula is C28H21ClFNO2S. The first kappa shape index (κ1) is 22.4. The van der Waals surface area contributed by atoms with Crippen LogP contribution in [0.3, 0.4) is 0 Å². The van der Waals surface area contributed by atoms with Crippen molar-refractivity contribution in [2.45, 2.75) is 17.7 Å². The van der Waals surface area contributed by atoms with Gasteiger partial charge in [0, 0.05) is 10.7 Å². The van der Waals surface area contributed by atoms with Crippen LogP contribution in [0, 0.1) is 5.82 Å². The van der Waals surface area contributed by atoms with E-state index in [0.29, 0.717) is 10.7 Å².